The molecule has 0 radical (unpaired) electrons. The van der Waals surface area contributed by atoms with Crippen molar-refractivity contribution in [3.63, 3.8) is 0 Å². The average Bonchev–Trinajstić information content (AvgIpc) is 3.50. The fourth-order valence-corrected chi connectivity index (χ4v) is 4.60. The molecule has 186 valence electrons. The van der Waals surface area contributed by atoms with Gasteiger partial charge in [-0.2, -0.15) is 5.10 Å². The number of nitrogens with two attached hydrogens (primary N) is 1. The third-order valence-electron chi connectivity index (χ3n) is 6.58. The number of benzene rings is 2. The molecule has 2 aliphatic heterocycles. The van der Waals surface area contributed by atoms with E-state index in [9.17, 15) is 4.79 Å². The van der Waals surface area contributed by atoms with E-state index in [0.29, 0.717) is 23.6 Å². The molecule has 0 atom stereocenters. The maximum Gasteiger partial charge on any atom is 0.290 e. The van der Waals surface area contributed by atoms with Crippen LogP contribution < -0.4 is 21.2 Å². The van der Waals surface area contributed by atoms with Crippen molar-refractivity contribution in [1.82, 2.24) is 10.3 Å². The number of furan rings is 1. The minimum atomic E-state index is -0.634. The Hall–Kier alpha value is -4.11. The fraction of sp³-hybridized carbons (Fsp3) is 0.296. The first-order valence-electron chi connectivity index (χ1n) is 12.1. The predicted molar refractivity (Wildman–Crippen MR) is 141 cm³/mol. The third-order valence-corrected chi connectivity index (χ3v) is 6.58. The van der Waals surface area contributed by atoms with E-state index in [1.165, 1.54) is 12.8 Å². The van der Waals surface area contributed by atoms with Gasteiger partial charge in [-0.1, -0.05) is 11.6 Å². The van der Waals surface area contributed by atoms with Gasteiger partial charge in [-0.3, -0.25) is 15.1 Å². The summed E-state index contributed by atoms with van der Waals surface area (Å²) < 4.78 is 12.1. The Morgan fingerprint density at radius 3 is 2.69 bits per heavy atom. The van der Waals surface area contributed by atoms with Crippen molar-refractivity contribution >= 4 is 39.8 Å². The maximum atomic E-state index is 12.3. The van der Waals surface area contributed by atoms with Gasteiger partial charge >= 0.3 is 0 Å². The number of likely N-dealkylation sites (tertiary alicyclic amines) is 1. The van der Waals surface area contributed by atoms with Crippen molar-refractivity contribution in [1.29, 1.82) is 5.41 Å². The SMILES string of the molecule is Cc1ccc2oc(/C(Nc3ccc(OCCN4CCCC4)cc3)=C3/C(=N)C(=O)NN=C3N)c(C)c2c1. The van der Waals surface area contributed by atoms with Crippen molar-refractivity contribution in [2.24, 2.45) is 10.8 Å². The van der Waals surface area contributed by atoms with Gasteiger partial charge in [-0.25, -0.2) is 5.43 Å². The summed E-state index contributed by atoms with van der Waals surface area (Å²) in [6, 6.07) is 13.5. The summed E-state index contributed by atoms with van der Waals surface area (Å²) in [6.45, 7) is 7.81. The Kier molecular flexibility index (Phi) is 6.47. The number of anilines is 1. The molecule has 2 aromatic carbocycles. The number of rotatable bonds is 7. The second kappa shape index (κ2) is 9.87. The van der Waals surface area contributed by atoms with Gasteiger partial charge in [0.15, 0.2) is 11.6 Å². The molecule has 5 rings (SSSR count). The monoisotopic (exact) mass is 486 g/mol. The standard InChI is InChI=1S/C27H30N6O3/c1-16-5-10-21-20(15-16)17(2)25(36-21)24(22-23(28)27(34)32-31-26(22)29)30-18-6-8-19(9-7-18)35-14-13-33-11-3-4-12-33/h5-10,15,28,30H,3-4,11-14H2,1-2H3,(H2,29,31)(H,32,34)/b24-22+,28-23?. The molecule has 0 spiro atoms. The van der Waals surface area contributed by atoms with E-state index < -0.39 is 5.91 Å². The van der Waals surface area contributed by atoms with Crippen LogP contribution in [-0.2, 0) is 4.79 Å². The number of ether oxygens (including phenoxy) is 1. The zero-order valence-corrected chi connectivity index (χ0v) is 20.5. The van der Waals surface area contributed by atoms with Crippen LogP contribution in [0.4, 0.5) is 5.69 Å². The van der Waals surface area contributed by atoms with Gasteiger partial charge < -0.3 is 20.2 Å². The number of hydrazone groups is 1. The lowest BCUT2D eigenvalue weighted by Gasteiger charge is -2.19. The van der Waals surface area contributed by atoms with E-state index in [2.05, 4.69) is 20.7 Å². The van der Waals surface area contributed by atoms with Gasteiger partial charge in [0.05, 0.1) is 11.3 Å². The summed E-state index contributed by atoms with van der Waals surface area (Å²) >= 11 is 0. The van der Waals surface area contributed by atoms with Gasteiger partial charge in [0, 0.05) is 23.2 Å². The summed E-state index contributed by atoms with van der Waals surface area (Å²) in [6.07, 6.45) is 2.52. The van der Waals surface area contributed by atoms with Crippen LogP contribution in [0.25, 0.3) is 16.7 Å². The van der Waals surface area contributed by atoms with Crippen molar-refractivity contribution in [2.75, 3.05) is 31.6 Å². The van der Waals surface area contributed by atoms with E-state index in [4.69, 9.17) is 20.3 Å². The molecule has 9 nitrogen and oxygen atoms in total. The molecule has 0 unspecified atom stereocenters. The number of aryl methyl sites for hydroxylation is 2. The van der Waals surface area contributed by atoms with Crippen LogP contribution in [0.5, 0.6) is 5.75 Å². The number of carbonyl (C=O) groups excluding carboxylic acids is 1. The van der Waals surface area contributed by atoms with Gasteiger partial charge in [0.25, 0.3) is 5.91 Å². The number of hydrogen-bond donors (Lipinski definition) is 4. The number of amides is 1. The lowest BCUT2D eigenvalue weighted by atomic mass is 10.0. The Morgan fingerprint density at radius 2 is 1.94 bits per heavy atom. The molecule has 2 aliphatic rings. The van der Waals surface area contributed by atoms with E-state index in [1.54, 1.807) is 0 Å². The van der Waals surface area contributed by atoms with Gasteiger partial charge in [0.2, 0.25) is 0 Å². The molecule has 36 heavy (non-hydrogen) atoms. The Bertz CT molecular complexity index is 1380. The van der Waals surface area contributed by atoms with Crippen LogP contribution in [0.2, 0.25) is 0 Å². The highest BCUT2D eigenvalue weighted by Gasteiger charge is 2.29. The first kappa shape index (κ1) is 23.6. The Balaban J connectivity index is 1.46. The van der Waals surface area contributed by atoms with Crippen molar-refractivity contribution in [3.8, 4) is 5.75 Å². The summed E-state index contributed by atoms with van der Waals surface area (Å²) in [5.41, 5.74) is 12.1. The molecule has 0 aliphatic carbocycles. The van der Waals surface area contributed by atoms with Gasteiger partial charge in [-0.15, -0.1) is 0 Å². The maximum absolute atomic E-state index is 12.3. The molecule has 1 aromatic heterocycles. The first-order chi connectivity index (χ1) is 17.4. The number of nitrogens with zero attached hydrogens (tertiary/aromatic N) is 2. The summed E-state index contributed by atoms with van der Waals surface area (Å²) in [4.78, 5) is 14.7. The van der Waals surface area contributed by atoms with Crippen molar-refractivity contribution < 1.29 is 13.9 Å². The van der Waals surface area contributed by atoms with Crippen LogP contribution in [0.3, 0.4) is 0 Å². The smallest absolute Gasteiger partial charge is 0.290 e. The highest BCUT2D eigenvalue weighted by Crippen LogP contribution is 2.34. The average molecular weight is 487 g/mol. The normalized spacial score (nSPS) is 17.8. The first-order valence-corrected chi connectivity index (χ1v) is 12.1. The number of fused-ring (bicyclic) bond motifs is 1. The molecule has 0 saturated carbocycles. The molecular weight excluding hydrogens is 456 g/mol. The van der Waals surface area contributed by atoms with Crippen molar-refractivity contribution in [3.05, 3.63) is 64.9 Å². The number of carbonyl (C=O) groups is 1. The highest BCUT2D eigenvalue weighted by atomic mass is 16.5. The molecule has 3 heterocycles. The summed E-state index contributed by atoms with van der Waals surface area (Å²) in [5, 5.41) is 16.6. The van der Waals surface area contributed by atoms with Crippen LogP contribution in [0.1, 0.15) is 29.7 Å². The zero-order chi connectivity index (χ0) is 25.2. The molecule has 1 fully saturated rings. The molecule has 3 aromatic rings. The Labute approximate surface area is 209 Å². The summed E-state index contributed by atoms with van der Waals surface area (Å²) in [7, 11) is 0. The molecular formula is C27H30N6O3. The molecule has 1 saturated heterocycles. The largest absolute Gasteiger partial charge is 0.492 e. The molecule has 1 amide bonds. The molecule has 9 heteroatoms. The van der Waals surface area contributed by atoms with Gasteiger partial charge in [0.1, 0.15) is 23.7 Å². The number of nitrogens with one attached hydrogen (secondary N) is 3. The molecule has 5 N–H and O–H groups in total. The van der Waals surface area contributed by atoms with Crippen molar-refractivity contribution in [2.45, 2.75) is 26.7 Å². The predicted octanol–water partition coefficient (Wildman–Crippen LogP) is 3.77. The Morgan fingerprint density at radius 1 is 1.19 bits per heavy atom. The highest BCUT2D eigenvalue weighted by molar-refractivity contribution is 6.53. The van der Waals surface area contributed by atoms with E-state index >= 15 is 0 Å². The molecule has 0 bridgehead atoms. The van der Waals surface area contributed by atoms with Crippen LogP contribution >= 0.6 is 0 Å². The zero-order valence-electron chi connectivity index (χ0n) is 20.5. The lowest BCUT2D eigenvalue weighted by Crippen LogP contribution is -2.40. The second-order valence-electron chi connectivity index (χ2n) is 9.17. The minimum absolute atomic E-state index is 0.0278. The van der Waals surface area contributed by atoms with E-state index in [1.807, 2.05) is 56.3 Å². The number of amidine groups is 1. The second-order valence-corrected chi connectivity index (χ2v) is 9.17. The summed E-state index contributed by atoms with van der Waals surface area (Å²) in [5.74, 6) is 0.661. The van der Waals surface area contributed by atoms with Gasteiger partial charge in [-0.05, 0) is 76.2 Å². The van der Waals surface area contributed by atoms with Crippen LogP contribution in [0, 0.1) is 19.3 Å². The number of hydrogen-bond acceptors (Lipinski definition) is 8. The van der Waals surface area contributed by atoms with E-state index in [0.717, 1.165) is 47.6 Å². The lowest BCUT2D eigenvalue weighted by molar-refractivity contribution is -0.114. The van der Waals surface area contributed by atoms with Crippen LogP contribution in [0.15, 0.2) is 57.6 Å². The van der Waals surface area contributed by atoms with Crippen LogP contribution in [-0.4, -0.2) is 48.6 Å². The van der Waals surface area contributed by atoms with E-state index in [-0.39, 0.29) is 17.1 Å². The quantitative estimate of drug-likeness (QED) is 0.402. The minimum Gasteiger partial charge on any atom is -0.492 e. The fourth-order valence-electron chi connectivity index (χ4n) is 4.60. The third kappa shape index (κ3) is 4.70. The topological polar surface area (TPSA) is 129 Å².